The molecule has 1 unspecified atom stereocenters. The van der Waals surface area contributed by atoms with Crippen LogP contribution < -0.4 is 5.32 Å². The third-order valence-corrected chi connectivity index (χ3v) is 4.96. The SMILES string of the molecule is CC(C)N1CCN(C2CCC[C@H](NC(=O)OC(C)(C)C)C2)CC1. The molecule has 1 saturated carbocycles. The van der Waals surface area contributed by atoms with Crippen LogP contribution in [0.4, 0.5) is 4.79 Å². The Balaban J connectivity index is 1.79. The Morgan fingerprint density at radius 1 is 1.13 bits per heavy atom. The number of nitrogens with one attached hydrogen (secondary N) is 1. The quantitative estimate of drug-likeness (QED) is 0.866. The Labute approximate surface area is 141 Å². The van der Waals surface area contributed by atoms with Crippen molar-refractivity contribution in [2.24, 2.45) is 0 Å². The molecule has 134 valence electrons. The summed E-state index contributed by atoms with van der Waals surface area (Å²) < 4.78 is 5.39. The van der Waals surface area contributed by atoms with E-state index in [-0.39, 0.29) is 12.1 Å². The van der Waals surface area contributed by atoms with Gasteiger partial charge in [0.2, 0.25) is 0 Å². The second kappa shape index (κ2) is 7.84. The molecular weight excluding hydrogens is 290 g/mol. The van der Waals surface area contributed by atoms with Gasteiger partial charge in [0, 0.05) is 44.3 Å². The van der Waals surface area contributed by atoms with Crippen molar-refractivity contribution in [1.29, 1.82) is 0 Å². The first-order valence-corrected chi connectivity index (χ1v) is 9.22. The van der Waals surface area contributed by atoms with Crippen molar-refractivity contribution in [3.8, 4) is 0 Å². The molecule has 1 aliphatic carbocycles. The van der Waals surface area contributed by atoms with Crippen LogP contribution in [0, 0.1) is 0 Å². The minimum atomic E-state index is -0.425. The highest BCUT2D eigenvalue weighted by Gasteiger charge is 2.30. The largest absolute Gasteiger partial charge is 0.444 e. The second-order valence-corrected chi connectivity index (χ2v) is 8.33. The van der Waals surface area contributed by atoms with Gasteiger partial charge in [0.25, 0.3) is 0 Å². The van der Waals surface area contributed by atoms with Gasteiger partial charge in [-0.25, -0.2) is 4.79 Å². The van der Waals surface area contributed by atoms with Gasteiger partial charge < -0.3 is 10.1 Å². The summed E-state index contributed by atoms with van der Waals surface area (Å²) in [6, 6.07) is 1.51. The van der Waals surface area contributed by atoms with E-state index in [9.17, 15) is 4.79 Å². The van der Waals surface area contributed by atoms with Crippen LogP contribution in [0.15, 0.2) is 0 Å². The molecule has 0 aromatic rings. The van der Waals surface area contributed by atoms with Gasteiger partial charge in [-0.05, 0) is 60.3 Å². The number of piperazine rings is 1. The highest BCUT2D eigenvalue weighted by molar-refractivity contribution is 5.68. The van der Waals surface area contributed by atoms with E-state index in [1.165, 1.54) is 25.9 Å². The van der Waals surface area contributed by atoms with Crippen molar-refractivity contribution in [2.45, 2.75) is 84.0 Å². The van der Waals surface area contributed by atoms with Gasteiger partial charge in [0.05, 0.1) is 0 Å². The Morgan fingerprint density at radius 2 is 1.78 bits per heavy atom. The number of ether oxygens (including phenoxy) is 1. The number of rotatable bonds is 3. The summed E-state index contributed by atoms with van der Waals surface area (Å²) in [7, 11) is 0. The van der Waals surface area contributed by atoms with Gasteiger partial charge in [0.15, 0.2) is 0 Å². The van der Waals surface area contributed by atoms with Crippen LogP contribution in [-0.4, -0.2) is 65.8 Å². The molecule has 23 heavy (non-hydrogen) atoms. The fraction of sp³-hybridized carbons (Fsp3) is 0.944. The van der Waals surface area contributed by atoms with Gasteiger partial charge >= 0.3 is 6.09 Å². The molecule has 2 rings (SSSR count). The van der Waals surface area contributed by atoms with Gasteiger partial charge in [-0.15, -0.1) is 0 Å². The lowest BCUT2D eigenvalue weighted by Gasteiger charge is -2.43. The maximum atomic E-state index is 12.0. The van der Waals surface area contributed by atoms with Crippen LogP contribution >= 0.6 is 0 Å². The Bertz CT molecular complexity index is 384. The first-order chi connectivity index (χ1) is 10.7. The molecule has 2 fully saturated rings. The van der Waals surface area contributed by atoms with Crippen molar-refractivity contribution >= 4 is 6.09 Å². The zero-order chi connectivity index (χ0) is 17.0. The number of nitrogens with zero attached hydrogens (tertiary/aromatic N) is 2. The van der Waals surface area contributed by atoms with Gasteiger partial charge in [0.1, 0.15) is 5.60 Å². The second-order valence-electron chi connectivity index (χ2n) is 8.33. The Morgan fingerprint density at radius 3 is 2.35 bits per heavy atom. The van der Waals surface area contributed by atoms with Crippen molar-refractivity contribution in [2.75, 3.05) is 26.2 Å². The number of carbonyl (C=O) groups is 1. The Hall–Kier alpha value is -0.810. The summed E-state index contributed by atoms with van der Waals surface area (Å²) in [6.07, 6.45) is 4.31. The smallest absolute Gasteiger partial charge is 0.407 e. The molecule has 1 N–H and O–H groups in total. The van der Waals surface area contributed by atoms with Crippen LogP contribution in [-0.2, 0) is 4.74 Å². The topological polar surface area (TPSA) is 44.8 Å². The van der Waals surface area contributed by atoms with E-state index in [1.54, 1.807) is 0 Å². The summed E-state index contributed by atoms with van der Waals surface area (Å²) in [4.78, 5) is 17.2. The van der Waals surface area contributed by atoms with E-state index in [4.69, 9.17) is 4.74 Å². The lowest BCUT2D eigenvalue weighted by molar-refractivity contribution is 0.0407. The van der Waals surface area contributed by atoms with Crippen LogP contribution in [0.1, 0.15) is 60.3 Å². The number of carbonyl (C=O) groups excluding carboxylic acids is 1. The highest BCUT2D eigenvalue weighted by atomic mass is 16.6. The third kappa shape index (κ3) is 5.96. The molecule has 5 heteroatoms. The maximum Gasteiger partial charge on any atom is 0.407 e. The number of hydrogen-bond acceptors (Lipinski definition) is 4. The monoisotopic (exact) mass is 325 g/mol. The first-order valence-electron chi connectivity index (χ1n) is 9.22. The van der Waals surface area contributed by atoms with Crippen molar-refractivity contribution < 1.29 is 9.53 Å². The van der Waals surface area contributed by atoms with E-state index >= 15 is 0 Å². The molecule has 1 saturated heterocycles. The predicted molar refractivity (Wildman–Crippen MR) is 93.7 cm³/mol. The lowest BCUT2D eigenvalue weighted by atomic mass is 9.89. The standard InChI is InChI=1S/C18H35N3O2/c1-14(2)20-9-11-21(12-10-20)16-8-6-7-15(13-16)19-17(22)23-18(3,4)5/h14-16H,6-13H2,1-5H3,(H,19,22)/t15-,16?/m0/s1. The summed E-state index contributed by atoms with van der Waals surface area (Å²) in [5.41, 5.74) is -0.425. The molecular formula is C18H35N3O2. The number of amides is 1. The first kappa shape index (κ1) is 18.5. The zero-order valence-corrected chi connectivity index (χ0v) is 15.6. The van der Waals surface area contributed by atoms with E-state index in [0.29, 0.717) is 12.1 Å². The predicted octanol–water partition coefficient (Wildman–Crippen LogP) is 2.85. The van der Waals surface area contributed by atoms with E-state index in [0.717, 1.165) is 25.9 Å². The molecule has 0 aromatic heterocycles. The van der Waals surface area contributed by atoms with Gasteiger partial charge in [-0.1, -0.05) is 0 Å². The van der Waals surface area contributed by atoms with Crippen molar-refractivity contribution in [1.82, 2.24) is 15.1 Å². The van der Waals surface area contributed by atoms with E-state index in [2.05, 4.69) is 29.0 Å². The molecule has 0 bridgehead atoms. The molecule has 0 radical (unpaired) electrons. The van der Waals surface area contributed by atoms with E-state index < -0.39 is 5.60 Å². The fourth-order valence-corrected chi connectivity index (χ4v) is 3.72. The van der Waals surface area contributed by atoms with Gasteiger partial charge in [-0.2, -0.15) is 0 Å². The molecule has 2 atom stereocenters. The fourth-order valence-electron chi connectivity index (χ4n) is 3.72. The summed E-state index contributed by atoms with van der Waals surface area (Å²) in [5, 5.41) is 3.07. The van der Waals surface area contributed by atoms with Crippen molar-refractivity contribution in [3.63, 3.8) is 0 Å². The van der Waals surface area contributed by atoms with Crippen LogP contribution in [0.25, 0.3) is 0 Å². The summed E-state index contributed by atoms with van der Waals surface area (Å²) >= 11 is 0. The van der Waals surface area contributed by atoms with Crippen LogP contribution in [0.5, 0.6) is 0 Å². The lowest BCUT2D eigenvalue weighted by Crippen LogP contribution is -2.54. The van der Waals surface area contributed by atoms with Gasteiger partial charge in [-0.3, -0.25) is 9.80 Å². The van der Waals surface area contributed by atoms with E-state index in [1.807, 2.05) is 20.8 Å². The minimum Gasteiger partial charge on any atom is -0.444 e. The molecule has 5 nitrogen and oxygen atoms in total. The average Bonchev–Trinajstić information content (AvgIpc) is 2.45. The van der Waals surface area contributed by atoms with Crippen molar-refractivity contribution in [3.05, 3.63) is 0 Å². The minimum absolute atomic E-state index is 0.256. The average molecular weight is 325 g/mol. The number of hydrogen-bond donors (Lipinski definition) is 1. The van der Waals surface area contributed by atoms with Crippen LogP contribution in [0.3, 0.4) is 0 Å². The maximum absolute atomic E-state index is 12.0. The van der Waals surface area contributed by atoms with Crippen LogP contribution in [0.2, 0.25) is 0 Å². The Kier molecular flexibility index (Phi) is 6.32. The molecule has 2 aliphatic rings. The molecule has 0 spiro atoms. The molecule has 1 aliphatic heterocycles. The molecule has 1 heterocycles. The molecule has 0 aromatic carbocycles. The number of alkyl carbamates (subject to hydrolysis) is 1. The third-order valence-electron chi connectivity index (χ3n) is 4.96. The summed E-state index contributed by atoms with van der Waals surface area (Å²) in [5.74, 6) is 0. The zero-order valence-electron chi connectivity index (χ0n) is 15.6. The highest BCUT2D eigenvalue weighted by Crippen LogP contribution is 2.25. The normalized spacial score (nSPS) is 27.9. The molecule has 1 amide bonds. The summed E-state index contributed by atoms with van der Waals surface area (Å²) in [6.45, 7) is 14.9.